The Labute approximate surface area is 123 Å². The predicted molar refractivity (Wildman–Crippen MR) is 82.4 cm³/mol. The molecule has 2 aliphatic rings. The maximum atomic E-state index is 12.6. The van der Waals surface area contributed by atoms with E-state index in [9.17, 15) is 4.79 Å². The zero-order valence-electron chi connectivity index (χ0n) is 13.2. The van der Waals surface area contributed by atoms with Gasteiger partial charge in [0.15, 0.2) is 0 Å². The molecule has 3 atom stereocenters. The van der Waals surface area contributed by atoms with E-state index in [-0.39, 0.29) is 0 Å². The molecule has 0 aromatic heterocycles. The van der Waals surface area contributed by atoms with E-state index < -0.39 is 0 Å². The smallest absolute Gasteiger partial charge is 0.226 e. The molecule has 0 spiro atoms. The Kier molecular flexibility index (Phi) is 5.85. The third-order valence-corrected chi connectivity index (χ3v) is 5.29. The minimum absolute atomic E-state index is 0.299. The zero-order valence-corrected chi connectivity index (χ0v) is 13.2. The Morgan fingerprint density at radius 1 is 1.25 bits per heavy atom. The summed E-state index contributed by atoms with van der Waals surface area (Å²) < 4.78 is 0. The summed E-state index contributed by atoms with van der Waals surface area (Å²) in [7, 11) is 0. The highest BCUT2D eigenvalue weighted by molar-refractivity contribution is 5.79. The van der Waals surface area contributed by atoms with Crippen molar-refractivity contribution in [1.82, 2.24) is 9.80 Å². The summed E-state index contributed by atoms with van der Waals surface area (Å²) in [6, 6.07) is 0.600. The van der Waals surface area contributed by atoms with Crippen molar-refractivity contribution >= 4 is 5.91 Å². The lowest BCUT2D eigenvalue weighted by atomic mass is 9.96. The van der Waals surface area contributed by atoms with Crippen LogP contribution in [0.5, 0.6) is 0 Å². The fourth-order valence-electron chi connectivity index (χ4n) is 3.89. The van der Waals surface area contributed by atoms with Gasteiger partial charge in [-0.1, -0.05) is 20.3 Å². The number of hydrogen-bond acceptors (Lipinski definition) is 3. The number of nitrogens with two attached hydrogens (primary N) is 1. The van der Waals surface area contributed by atoms with Crippen LogP contribution >= 0.6 is 0 Å². The van der Waals surface area contributed by atoms with Gasteiger partial charge in [-0.05, 0) is 38.1 Å². The van der Waals surface area contributed by atoms with E-state index in [1.165, 1.54) is 12.8 Å². The molecule has 4 nitrogen and oxygen atoms in total. The molecule has 3 unspecified atom stereocenters. The van der Waals surface area contributed by atoms with Gasteiger partial charge in [0, 0.05) is 38.1 Å². The Balaban J connectivity index is 1.83. The number of rotatable bonds is 5. The topological polar surface area (TPSA) is 49.6 Å². The van der Waals surface area contributed by atoms with Gasteiger partial charge < -0.3 is 10.6 Å². The Bertz CT molecular complexity index is 313. The summed E-state index contributed by atoms with van der Waals surface area (Å²) in [5.41, 5.74) is 5.69. The van der Waals surface area contributed by atoms with E-state index in [1.807, 2.05) is 0 Å². The lowest BCUT2D eigenvalue weighted by Gasteiger charge is -2.40. The zero-order chi connectivity index (χ0) is 14.5. The highest BCUT2D eigenvalue weighted by atomic mass is 16.2. The fourth-order valence-corrected chi connectivity index (χ4v) is 3.89. The lowest BCUT2D eigenvalue weighted by molar-refractivity contribution is -0.138. The Morgan fingerprint density at radius 2 is 1.95 bits per heavy atom. The van der Waals surface area contributed by atoms with Crippen LogP contribution in [0.1, 0.15) is 46.0 Å². The molecular formula is C16H31N3O. The Hall–Kier alpha value is -0.610. The molecule has 0 radical (unpaired) electrons. The van der Waals surface area contributed by atoms with Gasteiger partial charge in [-0.25, -0.2) is 0 Å². The molecule has 1 aliphatic carbocycles. The predicted octanol–water partition coefficient (Wildman–Crippen LogP) is 1.69. The second-order valence-corrected chi connectivity index (χ2v) is 6.52. The third kappa shape index (κ3) is 3.53. The number of nitrogens with zero attached hydrogens (tertiary/aromatic N) is 2. The average molecular weight is 281 g/mol. The van der Waals surface area contributed by atoms with Crippen molar-refractivity contribution in [2.75, 3.05) is 32.7 Å². The minimum Gasteiger partial charge on any atom is -0.340 e. The second-order valence-electron chi connectivity index (χ2n) is 6.52. The monoisotopic (exact) mass is 281 g/mol. The van der Waals surface area contributed by atoms with E-state index in [1.54, 1.807) is 0 Å². The number of hydrogen-bond donors (Lipinski definition) is 1. The maximum absolute atomic E-state index is 12.6. The van der Waals surface area contributed by atoms with Gasteiger partial charge in [-0.2, -0.15) is 0 Å². The summed E-state index contributed by atoms with van der Waals surface area (Å²) in [5.74, 6) is 1.30. The molecule has 1 saturated carbocycles. The van der Waals surface area contributed by atoms with Gasteiger partial charge in [0.25, 0.3) is 0 Å². The van der Waals surface area contributed by atoms with Crippen LogP contribution in [0.4, 0.5) is 0 Å². The fraction of sp³-hybridized carbons (Fsp3) is 0.938. The summed E-state index contributed by atoms with van der Waals surface area (Å²) in [4.78, 5) is 17.2. The molecule has 2 N–H and O–H groups in total. The van der Waals surface area contributed by atoms with E-state index in [2.05, 4.69) is 23.6 Å². The third-order valence-electron chi connectivity index (χ3n) is 5.29. The number of piperazine rings is 1. The molecule has 1 aliphatic heterocycles. The average Bonchev–Trinajstić information content (AvgIpc) is 2.90. The molecule has 20 heavy (non-hydrogen) atoms. The van der Waals surface area contributed by atoms with Gasteiger partial charge in [0.2, 0.25) is 5.91 Å². The van der Waals surface area contributed by atoms with Crippen molar-refractivity contribution in [3.05, 3.63) is 0 Å². The molecule has 4 heteroatoms. The van der Waals surface area contributed by atoms with Crippen LogP contribution < -0.4 is 5.73 Å². The van der Waals surface area contributed by atoms with Gasteiger partial charge in [-0.3, -0.25) is 9.69 Å². The molecule has 2 fully saturated rings. The first-order chi connectivity index (χ1) is 9.67. The molecule has 0 aromatic carbocycles. The van der Waals surface area contributed by atoms with Gasteiger partial charge in [0.1, 0.15) is 0 Å². The van der Waals surface area contributed by atoms with Crippen molar-refractivity contribution in [3.8, 4) is 0 Å². The van der Waals surface area contributed by atoms with Crippen molar-refractivity contribution in [2.24, 2.45) is 17.6 Å². The van der Waals surface area contributed by atoms with Crippen LogP contribution in [0.15, 0.2) is 0 Å². The summed E-state index contributed by atoms with van der Waals surface area (Å²) in [6.45, 7) is 9.08. The first-order valence-electron chi connectivity index (χ1n) is 8.40. The van der Waals surface area contributed by atoms with Crippen molar-refractivity contribution in [1.29, 1.82) is 0 Å². The van der Waals surface area contributed by atoms with Crippen LogP contribution in [0, 0.1) is 11.8 Å². The first-order valence-corrected chi connectivity index (χ1v) is 8.40. The van der Waals surface area contributed by atoms with Crippen LogP contribution in [0.3, 0.4) is 0 Å². The van der Waals surface area contributed by atoms with Gasteiger partial charge >= 0.3 is 0 Å². The maximum Gasteiger partial charge on any atom is 0.226 e. The molecule has 1 saturated heterocycles. The highest BCUT2D eigenvalue weighted by Crippen LogP contribution is 2.32. The summed E-state index contributed by atoms with van der Waals surface area (Å²) in [5, 5.41) is 0. The number of amides is 1. The van der Waals surface area contributed by atoms with Crippen LogP contribution in [0.2, 0.25) is 0 Å². The first kappa shape index (κ1) is 15.8. The second kappa shape index (κ2) is 7.41. The number of carbonyl (C=O) groups is 1. The van der Waals surface area contributed by atoms with E-state index in [4.69, 9.17) is 5.73 Å². The van der Waals surface area contributed by atoms with E-state index >= 15 is 0 Å². The number of carbonyl (C=O) groups excluding carboxylic acids is 1. The largest absolute Gasteiger partial charge is 0.340 e. The lowest BCUT2D eigenvalue weighted by Crippen LogP contribution is -2.53. The van der Waals surface area contributed by atoms with Crippen molar-refractivity contribution in [3.63, 3.8) is 0 Å². The normalized spacial score (nSPS) is 29.6. The molecule has 1 amide bonds. The van der Waals surface area contributed by atoms with Crippen LogP contribution in [-0.2, 0) is 4.79 Å². The SMILES string of the molecule is CCC(CCN)N1CCN(C(=O)C2CCCC2C)CC1. The van der Waals surface area contributed by atoms with Crippen molar-refractivity contribution in [2.45, 2.75) is 52.0 Å². The molecule has 116 valence electrons. The molecule has 0 bridgehead atoms. The van der Waals surface area contributed by atoms with Gasteiger partial charge in [-0.15, -0.1) is 0 Å². The molecular weight excluding hydrogens is 250 g/mol. The van der Waals surface area contributed by atoms with Crippen LogP contribution in [-0.4, -0.2) is 54.5 Å². The minimum atomic E-state index is 0.299. The standard InChI is InChI=1S/C16H31N3O/c1-3-14(7-8-17)18-9-11-19(12-10-18)16(20)15-6-4-5-13(15)2/h13-15H,3-12,17H2,1-2H3. The van der Waals surface area contributed by atoms with E-state index in [0.717, 1.165) is 52.0 Å². The summed E-state index contributed by atoms with van der Waals surface area (Å²) >= 11 is 0. The van der Waals surface area contributed by atoms with Crippen LogP contribution in [0.25, 0.3) is 0 Å². The quantitative estimate of drug-likeness (QED) is 0.834. The molecule has 1 heterocycles. The van der Waals surface area contributed by atoms with E-state index in [0.29, 0.717) is 23.8 Å². The van der Waals surface area contributed by atoms with Crippen molar-refractivity contribution < 1.29 is 4.79 Å². The summed E-state index contributed by atoms with van der Waals surface area (Å²) in [6.07, 6.45) is 5.79. The van der Waals surface area contributed by atoms with Gasteiger partial charge in [0.05, 0.1) is 0 Å². The Morgan fingerprint density at radius 3 is 2.45 bits per heavy atom. The highest BCUT2D eigenvalue weighted by Gasteiger charge is 2.34. The molecule has 2 rings (SSSR count). The molecule has 0 aromatic rings.